The highest BCUT2D eigenvalue weighted by Gasteiger charge is 2.19. The summed E-state index contributed by atoms with van der Waals surface area (Å²) < 4.78 is 12.5. The van der Waals surface area contributed by atoms with Gasteiger partial charge in [0.25, 0.3) is 5.91 Å². The molecule has 0 bridgehead atoms. The molecule has 0 radical (unpaired) electrons. The molecule has 0 atom stereocenters. The second-order valence-electron chi connectivity index (χ2n) is 7.52. The molecule has 0 spiro atoms. The van der Waals surface area contributed by atoms with Gasteiger partial charge in [-0.25, -0.2) is 19.0 Å². The van der Waals surface area contributed by atoms with E-state index in [2.05, 4.69) is 20.1 Å². The van der Waals surface area contributed by atoms with Gasteiger partial charge in [-0.2, -0.15) is 4.68 Å². The minimum Gasteiger partial charge on any atom is -0.497 e. The van der Waals surface area contributed by atoms with E-state index in [9.17, 15) is 14.4 Å². The van der Waals surface area contributed by atoms with E-state index in [1.165, 1.54) is 40.5 Å². The maximum Gasteiger partial charge on any atom is 0.355 e. The molecule has 3 aromatic carbocycles. The van der Waals surface area contributed by atoms with E-state index in [4.69, 9.17) is 4.74 Å². The number of fused-ring (bicyclic) bond motifs is 3. The largest absolute Gasteiger partial charge is 0.497 e. The summed E-state index contributed by atoms with van der Waals surface area (Å²) in [5.41, 5.74) is 1.97. The molecule has 35 heavy (non-hydrogen) atoms. The van der Waals surface area contributed by atoms with Crippen LogP contribution in [0.4, 0.5) is 5.82 Å². The number of ether oxygens (including phenoxy) is 2. The van der Waals surface area contributed by atoms with Crippen LogP contribution >= 0.6 is 0 Å². The minimum absolute atomic E-state index is 0.120. The fourth-order valence-corrected chi connectivity index (χ4v) is 3.69. The van der Waals surface area contributed by atoms with E-state index in [-0.39, 0.29) is 11.5 Å². The molecule has 0 unspecified atom stereocenters. The van der Waals surface area contributed by atoms with Crippen LogP contribution in [0.15, 0.2) is 77.6 Å². The number of aromatic nitrogens is 4. The first-order valence-electron chi connectivity index (χ1n) is 10.5. The van der Waals surface area contributed by atoms with Crippen molar-refractivity contribution in [1.82, 2.24) is 19.2 Å². The van der Waals surface area contributed by atoms with Gasteiger partial charge in [0.1, 0.15) is 5.75 Å². The van der Waals surface area contributed by atoms with E-state index >= 15 is 0 Å². The predicted molar refractivity (Wildman–Crippen MR) is 128 cm³/mol. The van der Waals surface area contributed by atoms with Gasteiger partial charge in [-0.15, -0.1) is 5.10 Å². The Morgan fingerprint density at radius 2 is 1.57 bits per heavy atom. The lowest BCUT2D eigenvalue weighted by Crippen LogP contribution is -2.20. The number of carbonyl (C=O) groups is 2. The SMILES string of the molecule is COC(=O)c1ccc(C(=O)Nc2nc3ccccc3n3c(=O)n(-c4ccc(OC)cc4)nc23)cc1. The summed E-state index contributed by atoms with van der Waals surface area (Å²) >= 11 is 0. The van der Waals surface area contributed by atoms with E-state index < -0.39 is 17.6 Å². The van der Waals surface area contributed by atoms with E-state index in [1.807, 2.05) is 0 Å². The number of hydrogen-bond donors (Lipinski definition) is 1. The average Bonchev–Trinajstić information content (AvgIpc) is 3.26. The molecule has 0 aliphatic heterocycles. The maximum absolute atomic E-state index is 13.4. The summed E-state index contributed by atoms with van der Waals surface area (Å²) in [6, 6.07) is 19.9. The Kier molecular flexibility index (Phi) is 5.46. The van der Waals surface area contributed by atoms with Crippen LogP contribution in [-0.4, -0.2) is 45.3 Å². The quantitative estimate of drug-likeness (QED) is 0.393. The Hall–Kier alpha value is -4.99. The summed E-state index contributed by atoms with van der Waals surface area (Å²) in [5, 5.41) is 7.22. The molecule has 0 aliphatic carbocycles. The van der Waals surface area contributed by atoms with Gasteiger partial charge in [-0.05, 0) is 60.7 Å². The van der Waals surface area contributed by atoms with Crippen LogP contribution in [-0.2, 0) is 4.74 Å². The van der Waals surface area contributed by atoms with Gasteiger partial charge in [0.05, 0.1) is 36.5 Å². The number of anilines is 1. The Labute approximate surface area is 198 Å². The number of esters is 1. The van der Waals surface area contributed by atoms with Crippen LogP contribution in [0.5, 0.6) is 5.75 Å². The molecule has 5 aromatic rings. The molecule has 0 saturated heterocycles. The number of para-hydroxylation sites is 2. The number of rotatable bonds is 5. The molecule has 2 heterocycles. The van der Waals surface area contributed by atoms with Crippen LogP contribution in [0.25, 0.3) is 22.4 Å². The van der Waals surface area contributed by atoms with Crippen LogP contribution in [0, 0.1) is 0 Å². The number of carbonyl (C=O) groups excluding carboxylic acids is 2. The third-order valence-corrected chi connectivity index (χ3v) is 5.46. The van der Waals surface area contributed by atoms with Crippen molar-refractivity contribution < 1.29 is 19.1 Å². The fourth-order valence-electron chi connectivity index (χ4n) is 3.69. The van der Waals surface area contributed by atoms with Gasteiger partial charge in [0, 0.05) is 5.56 Å². The van der Waals surface area contributed by atoms with E-state index in [1.54, 1.807) is 55.6 Å². The average molecular weight is 469 g/mol. The summed E-state index contributed by atoms with van der Waals surface area (Å²) in [6.45, 7) is 0. The van der Waals surface area contributed by atoms with Crippen LogP contribution in [0.2, 0.25) is 0 Å². The van der Waals surface area contributed by atoms with E-state index in [0.717, 1.165) is 0 Å². The van der Waals surface area contributed by atoms with Crippen LogP contribution in [0.1, 0.15) is 20.7 Å². The van der Waals surface area contributed by atoms with Gasteiger partial charge >= 0.3 is 11.7 Å². The third kappa shape index (κ3) is 3.86. The number of nitrogens with one attached hydrogen (secondary N) is 1. The Morgan fingerprint density at radius 3 is 2.26 bits per heavy atom. The first-order chi connectivity index (χ1) is 17.0. The lowest BCUT2D eigenvalue weighted by Gasteiger charge is -2.08. The smallest absolute Gasteiger partial charge is 0.355 e. The molecule has 174 valence electrons. The maximum atomic E-state index is 13.4. The monoisotopic (exact) mass is 469 g/mol. The molecular formula is C25H19N5O5. The number of amides is 1. The zero-order valence-corrected chi connectivity index (χ0v) is 18.8. The van der Waals surface area contributed by atoms with Gasteiger partial charge < -0.3 is 14.8 Å². The Bertz CT molecular complexity index is 1640. The van der Waals surface area contributed by atoms with Gasteiger partial charge in [0.15, 0.2) is 5.82 Å². The second-order valence-corrected chi connectivity index (χ2v) is 7.52. The summed E-state index contributed by atoms with van der Waals surface area (Å²) in [6.07, 6.45) is 0. The van der Waals surface area contributed by atoms with Crippen molar-refractivity contribution in [2.24, 2.45) is 0 Å². The van der Waals surface area contributed by atoms with Crippen molar-refractivity contribution in [3.05, 3.63) is 94.4 Å². The van der Waals surface area contributed by atoms with Gasteiger partial charge in [-0.3, -0.25) is 4.79 Å². The molecule has 10 heteroatoms. The van der Waals surface area contributed by atoms with Crippen molar-refractivity contribution in [2.45, 2.75) is 0 Å². The molecule has 0 fully saturated rings. The predicted octanol–water partition coefficient (Wildman–Crippen LogP) is 3.08. The highest BCUT2D eigenvalue weighted by molar-refractivity contribution is 6.06. The second kappa shape index (κ2) is 8.75. The van der Waals surface area contributed by atoms with Crippen molar-refractivity contribution in [3.8, 4) is 11.4 Å². The number of methoxy groups -OCH3 is 2. The molecule has 1 N–H and O–H groups in total. The topological polar surface area (TPSA) is 117 Å². The molecule has 0 aliphatic rings. The first kappa shape index (κ1) is 21.8. The van der Waals surface area contributed by atoms with E-state index in [0.29, 0.717) is 33.6 Å². The zero-order chi connectivity index (χ0) is 24.5. The summed E-state index contributed by atoms with van der Waals surface area (Å²) in [5.74, 6) is -0.213. The number of nitrogens with zero attached hydrogens (tertiary/aromatic N) is 4. The first-order valence-corrected chi connectivity index (χ1v) is 10.5. The third-order valence-electron chi connectivity index (χ3n) is 5.46. The standard InChI is InChI=1S/C25H19N5O5/c1-34-18-13-11-17(12-14-18)30-25(33)29-20-6-4-3-5-19(20)26-21(22(29)28-30)27-23(31)15-7-9-16(10-8-15)24(32)35-2/h3-14H,1-2H3,(H,26,27,31). The molecule has 1 amide bonds. The summed E-state index contributed by atoms with van der Waals surface area (Å²) in [4.78, 5) is 42.6. The Morgan fingerprint density at radius 1 is 0.886 bits per heavy atom. The van der Waals surface area contributed by atoms with Crippen molar-refractivity contribution in [2.75, 3.05) is 19.5 Å². The summed E-state index contributed by atoms with van der Waals surface area (Å²) in [7, 11) is 2.84. The van der Waals surface area contributed by atoms with Gasteiger partial charge in [0.2, 0.25) is 5.65 Å². The molecular weight excluding hydrogens is 450 g/mol. The lowest BCUT2D eigenvalue weighted by molar-refractivity contribution is 0.0600. The highest BCUT2D eigenvalue weighted by Crippen LogP contribution is 2.21. The minimum atomic E-state index is -0.502. The van der Waals surface area contributed by atoms with Crippen molar-refractivity contribution >= 4 is 34.4 Å². The molecule has 0 saturated carbocycles. The van der Waals surface area contributed by atoms with Crippen molar-refractivity contribution in [3.63, 3.8) is 0 Å². The molecule has 10 nitrogen and oxygen atoms in total. The molecule has 5 rings (SSSR count). The number of benzene rings is 3. The molecule has 2 aromatic heterocycles. The normalized spacial score (nSPS) is 10.9. The van der Waals surface area contributed by atoms with Crippen molar-refractivity contribution in [1.29, 1.82) is 0 Å². The van der Waals surface area contributed by atoms with Crippen LogP contribution < -0.4 is 15.7 Å². The number of hydrogen-bond acceptors (Lipinski definition) is 7. The fraction of sp³-hybridized carbons (Fsp3) is 0.0800. The van der Waals surface area contributed by atoms with Crippen LogP contribution in [0.3, 0.4) is 0 Å². The van der Waals surface area contributed by atoms with Gasteiger partial charge in [-0.1, -0.05) is 12.1 Å². The highest BCUT2D eigenvalue weighted by atomic mass is 16.5. The lowest BCUT2D eigenvalue weighted by atomic mass is 10.1. The zero-order valence-electron chi connectivity index (χ0n) is 18.8. The Balaban J connectivity index is 1.61.